The van der Waals surface area contributed by atoms with Gasteiger partial charge in [0.15, 0.2) is 0 Å². The zero-order chi connectivity index (χ0) is 13.5. The smallest absolute Gasteiger partial charge is 0.123 e. The SMILES string of the molecule is CC1(C)[C@H](NCc2ccc(F)cc2)[C@H]2CCCO[C@@H]21. The maximum atomic E-state index is 12.9. The molecule has 0 aromatic heterocycles. The van der Waals surface area contributed by atoms with E-state index in [0.717, 1.165) is 18.7 Å². The third-order valence-electron chi connectivity index (χ3n) is 4.77. The minimum absolute atomic E-state index is 0.173. The summed E-state index contributed by atoms with van der Waals surface area (Å²) < 4.78 is 18.8. The molecule has 104 valence electrons. The van der Waals surface area contributed by atoms with Crippen molar-refractivity contribution in [1.82, 2.24) is 5.32 Å². The fourth-order valence-electron chi connectivity index (χ4n) is 3.77. The maximum Gasteiger partial charge on any atom is 0.123 e. The van der Waals surface area contributed by atoms with Gasteiger partial charge in [0.2, 0.25) is 0 Å². The molecule has 19 heavy (non-hydrogen) atoms. The van der Waals surface area contributed by atoms with Crippen LogP contribution in [0.4, 0.5) is 4.39 Å². The average Bonchev–Trinajstić information content (AvgIpc) is 2.41. The highest BCUT2D eigenvalue weighted by molar-refractivity contribution is 5.17. The molecular formula is C16H22FNO. The number of benzene rings is 1. The van der Waals surface area contributed by atoms with Crippen LogP contribution < -0.4 is 5.32 Å². The van der Waals surface area contributed by atoms with E-state index in [1.165, 1.54) is 25.0 Å². The summed E-state index contributed by atoms with van der Waals surface area (Å²) in [5.41, 5.74) is 1.34. The van der Waals surface area contributed by atoms with E-state index < -0.39 is 0 Å². The van der Waals surface area contributed by atoms with Crippen LogP contribution in [0.1, 0.15) is 32.3 Å². The van der Waals surface area contributed by atoms with Crippen molar-refractivity contribution in [2.24, 2.45) is 11.3 Å². The van der Waals surface area contributed by atoms with E-state index in [1.54, 1.807) is 0 Å². The van der Waals surface area contributed by atoms with E-state index in [1.807, 2.05) is 12.1 Å². The first-order valence-electron chi connectivity index (χ1n) is 7.18. The van der Waals surface area contributed by atoms with Gasteiger partial charge in [0, 0.05) is 30.5 Å². The van der Waals surface area contributed by atoms with Crippen LogP contribution in [-0.2, 0) is 11.3 Å². The summed E-state index contributed by atoms with van der Waals surface area (Å²) in [5, 5.41) is 3.64. The molecule has 1 heterocycles. The Hall–Kier alpha value is -0.930. The predicted octanol–water partition coefficient (Wildman–Crippen LogP) is 3.12. The summed E-state index contributed by atoms with van der Waals surface area (Å²) in [7, 11) is 0. The van der Waals surface area contributed by atoms with Crippen LogP contribution in [0, 0.1) is 17.2 Å². The monoisotopic (exact) mass is 263 g/mol. The van der Waals surface area contributed by atoms with Crippen LogP contribution in [0.3, 0.4) is 0 Å². The van der Waals surface area contributed by atoms with Crippen LogP contribution in [0.5, 0.6) is 0 Å². The van der Waals surface area contributed by atoms with Gasteiger partial charge in [-0.05, 0) is 30.5 Å². The van der Waals surface area contributed by atoms with Crippen LogP contribution >= 0.6 is 0 Å². The lowest BCUT2D eigenvalue weighted by Gasteiger charge is -2.60. The second-order valence-corrected chi connectivity index (χ2v) is 6.40. The first-order chi connectivity index (χ1) is 9.09. The number of rotatable bonds is 3. The van der Waals surface area contributed by atoms with E-state index in [-0.39, 0.29) is 11.2 Å². The Morgan fingerprint density at radius 3 is 2.79 bits per heavy atom. The van der Waals surface area contributed by atoms with Crippen molar-refractivity contribution in [2.75, 3.05) is 6.61 Å². The summed E-state index contributed by atoms with van der Waals surface area (Å²) in [6, 6.07) is 7.25. The molecule has 0 spiro atoms. The molecule has 1 saturated carbocycles. The lowest BCUT2D eigenvalue weighted by Crippen LogP contribution is -2.69. The highest BCUT2D eigenvalue weighted by atomic mass is 19.1. The molecule has 2 fully saturated rings. The molecule has 1 aromatic carbocycles. The molecule has 2 aliphatic rings. The number of hydrogen-bond donors (Lipinski definition) is 1. The van der Waals surface area contributed by atoms with E-state index in [4.69, 9.17) is 4.74 Å². The third kappa shape index (κ3) is 2.30. The second kappa shape index (κ2) is 4.88. The second-order valence-electron chi connectivity index (χ2n) is 6.40. The third-order valence-corrected chi connectivity index (χ3v) is 4.77. The zero-order valence-corrected chi connectivity index (χ0v) is 11.7. The molecule has 0 bridgehead atoms. The number of ether oxygens (including phenoxy) is 1. The average molecular weight is 263 g/mol. The summed E-state index contributed by atoms with van der Waals surface area (Å²) in [6.45, 7) is 6.27. The normalized spacial score (nSPS) is 32.5. The first-order valence-corrected chi connectivity index (χ1v) is 7.18. The Morgan fingerprint density at radius 2 is 2.05 bits per heavy atom. The van der Waals surface area contributed by atoms with Crippen LogP contribution in [0.2, 0.25) is 0 Å². The summed E-state index contributed by atoms with van der Waals surface area (Å²) in [4.78, 5) is 0. The van der Waals surface area contributed by atoms with Gasteiger partial charge in [-0.3, -0.25) is 0 Å². The summed E-state index contributed by atoms with van der Waals surface area (Å²) >= 11 is 0. The van der Waals surface area contributed by atoms with E-state index >= 15 is 0 Å². The van der Waals surface area contributed by atoms with Gasteiger partial charge < -0.3 is 10.1 Å². The predicted molar refractivity (Wildman–Crippen MR) is 73.3 cm³/mol. The zero-order valence-electron chi connectivity index (χ0n) is 11.7. The summed E-state index contributed by atoms with van der Waals surface area (Å²) in [6.07, 6.45) is 2.84. The molecule has 1 N–H and O–H groups in total. The van der Waals surface area contributed by atoms with Gasteiger partial charge in [-0.15, -0.1) is 0 Å². The van der Waals surface area contributed by atoms with E-state index in [0.29, 0.717) is 18.1 Å². The molecule has 0 radical (unpaired) electrons. The molecule has 1 aliphatic carbocycles. The van der Waals surface area contributed by atoms with E-state index in [9.17, 15) is 4.39 Å². The van der Waals surface area contributed by atoms with E-state index in [2.05, 4.69) is 19.2 Å². The molecule has 2 nitrogen and oxygen atoms in total. The van der Waals surface area contributed by atoms with Crippen molar-refractivity contribution in [3.63, 3.8) is 0 Å². The highest BCUT2D eigenvalue weighted by Crippen LogP contribution is 2.51. The van der Waals surface area contributed by atoms with Gasteiger partial charge in [-0.2, -0.15) is 0 Å². The minimum atomic E-state index is -0.173. The molecule has 3 atom stereocenters. The first kappa shape index (κ1) is 13.1. The highest BCUT2D eigenvalue weighted by Gasteiger charge is 2.57. The van der Waals surface area contributed by atoms with Crippen LogP contribution in [-0.4, -0.2) is 18.8 Å². The van der Waals surface area contributed by atoms with Crippen LogP contribution in [0.15, 0.2) is 24.3 Å². The topological polar surface area (TPSA) is 21.3 Å². The lowest BCUT2D eigenvalue weighted by molar-refractivity contribution is -0.192. The standard InChI is InChI=1S/C16H22FNO/c1-16(2)14(13-4-3-9-19-15(13)16)18-10-11-5-7-12(17)8-6-11/h5-8,13-15,18H,3-4,9-10H2,1-2H3/t13-,14-,15+/m1/s1. The molecule has 3 heteroatoms. The Kier molecular flexibility index (Phi) is 3.35. The number of hydrogen-bond acceptors (Lipinski definition) is 2. The van der Waals surface area contributed by atoms with Gasteiger partial charge in [0.1, 0.15) is 5.82 Å². The fraction of sp³-hybridized carbons (Fsp3) is 0.625. The molecule has 0 unspecified atom stereocenters. The Morgan fingerprint density at radius 1 is 1.32 bits per heavy atom. The lowest BCUT2D eigenvalue weighted by atomic mass is 9.55. The Labute approximate surface area is 114 Å². The molecule has 3 rings (SSSR count). The number of fused-ring (bicyclic) bond motifs is 1. The van der Waals surface area contributed by atoms with Gasteiger partial charge in [0.05, 0.1) is 6.10 Å². The van der Waals surface area contributed by atoms with Crippen molar-refractivity contribution < 1.29 is 9.13 Å². The maximum absolute atomic E-state index is 12.9. The number of nitrogens with one attached hydrogen (secondary N) is 1. The number of halogens is 1. The molecule has 1 aromatic rings. The van der Waals surface area contributed by atoms with Gasteiger partial charge in [-0.25, -0.2) is 4.39 Å². The Balaban J connectivity index is 1.62. The minimum Gasteiger partial charge on any atom is -0.377 e. The van der Waals surface area contributed by atoms with Gasteiger partial charge >= 0.3 is 0 Å². The molecule has 1 saturated heterocycles. The van der Waals surface area contributed by atoms with Crippen molar-refractivity contribution in [2.45, 2.75) is 45.4 Å². The fourth-order valence-corrected chi connectivity index (χ4v) is 3.77. The van der Waals surface area contributed by atoms with Crippen molar-refractivity contribution in [3.05, 3.63) is 35.6 Å². The van der Waals surface area contributed by atoms with Gasteiger partial charge in [0.25, 0.3) is 0 Å². The summed E-state index contributed by atoms with van der Waals surface area (Å²) in [5.74, 6) is 0.470. The molecule has 0 amide bonds. The van der Waals surface area contributed by atoms with Crippen molar-refractivity contribution >= 4 is 0 Å². The van der Waals surface area contributed by atoms with Gasteiger partial charge in [-0.1, -0.05) is 26.0 Å². The quantitative estimate of drug-likeness (QED) is 0.904. The van der Waals surface area contributed by atoms with Crippen LogP contribution in [0.25, 0.3) is 0 Å². The largest absolute Gasteiger partial charge is 0.377 e. The molecular weight excluding hydrogens is 241 g/mol. The molecule has 1 aliphatic heterocycles. The Bertz CT molecular complexity index is 443. The van der Waals surface area contributed by atoms with Crippen molar-refractivity contribution in [1.29, 1.82) is 0 Å². The van der Waals surface area contributed by atoms with Crippen molar-refractivity contribution in [3.8, 4) is 0 Å².